The number of carboxylic acid groups (broad SMARTS) is 1. The molecular formula is C24H23N5O2. The molecule has 1 unspecified atom stereocenters. The SMILES string of the molecule is Cc1ccc(C)c(C2CCCN2c2ccc3ncc(-c4cccc(C(=O)O)n4)n3n2)c1. The fourth-order valence-corrected chi connectivity index (χ4v) is 4.37. The molecule has 3 aromatic heterocycles. The van der Waals surface area contributed by atoms with Crippen LogP contribution in [0.1, 0.15) is 46.1 Å². The lowest BCUT2D eigenvalue weighted by molar-refractivity contribution is 0.0690. The van der Waals surface area contributed by atoms with Crippen LogP contribution in [0.3, 0.4) is 0 Å². The maximum Gasteiger partial charge on any atom is 0.354 e. The van der Waals surface area contributed by atoms with Crippen LogP contribution in [-0.2, 0) is 0 Å². The van der Waals surface area contributed by atoms with E-state index >= 15 is 0 Å². The molecule has 7 nitrogen and oxygen atoms in total. The molecule has 0 saturated carbocycles. The van der Waals surface area contributed by atoms with Gasteiger partial charge in [0.05, 0.1) is 17.9 Å². The number of hydrogen-bond acceptors (Lipinski definition) is 5. The van der Waals surface area contributed by atoms with E-state index in [2.05, 4.69) is 46.9 Å². The van der Waals surface area contributed by atoms with Gasteiger partial charge in [0.1, 0.15) is 17.2 Å². The van der Waals surface area contributed by atoms with Crippen molar-refractivity contribution in [1.29, 1.82) is 0 Å². The summed E-state index contributed by atoms with van der Waals surface area (Å²) in [5.41, 5.74) is 5.80. The Hall–Kier alpha value is -3.74. The molecule has 1 aromatic carbocycles. The van der Waals surface area contributed by atoms with Crippen molar-refractivity contribution >= 4 is 17.4 Å². The van der Waals surface area contributed by atoms with Crippen LogP contribution < -0.4 is 4.90 Å². The summed E-state index contributed by atoms with van der Waals surface area (Å²) in [5, 5.41) is 14.2. The number of fused-ring (bicyclic) bond motifs is 1. The molecule has 1 fully saturated rings. The average Bonchev–Trinajstić information content (AvgIpc) is 3.42. The Morgan fingerprint density at radius 1 is 1.13 bits per heavy atom. The van der Waals surface area contributed by atoms with Gasteiger partial charge in [-0.3, -0.25) is 0 Å². The molecule has 1 N–H and O–H groups in total. The summed E-state index contributed by atoms with van der Waals surface area (Å²) in [5.74, 6) is -0.178. The Bertz CT molecular complexity index is 1300. The maximum absolute atomic E-state index is 11.3. The highest BCUT2D eigenvalue weighted by Crippen LogP contribution is 2.37. The first-order valence-electron chi connectivity index (χ1n) is 10.4. The van der Waals surface area contributed by atoms with Gasteiger partial charge in [-0.25, -0.2) is 19.3 Å². The van der Waals surface area contributed by atoms with Gasteiger partial charge in [0.15, 0.2) is 5.65 Å². The van der Waals surface area contributed by atoms with Crippen molar-refractivity contribution in [2.24, 2.45) is 0 Å². The topological polar surface area (TPSA) is 83.6 Å². The van der Waals surface area contributed by atoms with Crippen LogP contribution in [0, 0.1) is 13.8 Å². The fourth-order valence-electron chi connectivity index (χ4n) is 4.37. The second kappa shape index (κ2) is 7.50. The highest BCUT2D eigenvalue weighted by atomic mass is 16.4. The van der Waals surface area contributed by atoms with Gasteiger partial charge in [-0.2, -0.15) is 0 Å². The van der Waals surface area contributed by atoms with Crippen LogP contribution in [-0.4, -0.2) is 37.2 Å². The minimum absolute atomic E-state index is 0.00173. The zero-order valence-corrected chi connectivity index (χ0v) is 17.5. The summed E-state index contributed by atoms with van der Waals surface area (Å²) < 4.78 is 1.75. The van der Waals surface area contributed by atoms with Crippen molar-refractivity contribution in [2.75, 3.05) is 11.4 Å². The quantitative estimate of drug-likeness (QED) is 0.532. The number of rotatable bonds is 4. The molecule has 0 spiro atoms. The van der Waals surface area contributed by atoms with Gasteiger partial charge in [-0.1, -0.05) is 29.8 Å². The number of carboxylic acids is 1. The van der Waals surface area contributed by atoms with E-state index in [1.54, 1.807) is 22.8 Å². The number of carbonyl (C=O) groups is 1. The molecule has 5 rings (SSSR count). The molecule has 1 aliphatic heterocycles. The number of hydrogen-bond donors (Lipinski definition) is 1. The number of aromatic carboxylic acids is 1. The molecule has 0 amide bonds. The number of aryl methyl sites for hydroxylation is 2. The lowest BCUT2D eigenvalue weighted by atomic mass is 9.97. The first-order valence-corrected chi connectivity index (χ1v) is 10.4. The number of nitrogens with zero attached hydrogens (tertiary/aromatic N) is 5. The molecule has 4 heterocycles. The summed E-state index contributed by atoms with van der Waals surface area (Å²) in [6.07, 6.45) is 3.88. The van der Waals surface area contributed by atoms with Gasteiger partial charge in [0.2, 0.25) is 0 Å². The van der Waals surface area contributed by atoms with Gasteiger partial charge < -0.3 is 10.0 Å². The van der Waals surface area contributed by atoms with Gasteiger partial charge in [-0.05, 0) is 62.1 Å². The number of anilines is 1. The molecule has 31 heavy (non-hydrogen) atoms. The Morgan fingerprint density at radius 3 is 2.84 bits per heavy atom. The smallest absolute Gasteiger partial charge is 0.354 e. The minimum atomic E-state index is -1.06. The summed E-state index contributed by atoms with van der Waals surface area (Å²) in [6.45, 7) is 5.23. The summed E-state index contributed by atoms with van der Waals surface area (Å²) in [6, 6.07) is 15.8. The average molecular weight is 413 g/mol. The normalized spacial score (nSPS) is 16.2. The molecule has 156 valence electrons. The van der Waals surface area contributed by atoms with E-state index < -0.39 is 5.97 Å². The van der Waals surface area contributed by atoms with E-state index in [0.29, 0.717) is 17.0 Å². The number of imidazole rings is 1. The van der Waals surface area contributed by atoms with E-state index in [-0.39, 0.29) is 11.7 Å². The van der Waals surface area contributed by atoms with Crippen molar-refractivity contribution in [3.05, 3.63) is 77.1 Å². The fraction of sp³-hybridized carbons (Fsp3) is 0.250. The third-order valence-corrected chi connectivity index (χ3v) is 5.92. The Balaban J connectivity index is 1.57. The molecule has 1 saturated heterocycles. The molecule has 1 atom stereocenters. The third-order valence-electron chi connectivity index (χ3n) is 5.92. The van der Waals surface area contributed by atoms with E-state index in [0.717, 1.165) is 25.2 Å². The zero-order chi connectivity index (χ0) is 21.5. The first-order chi connectivity index (χ1) is 15.0. The summed E-state index contributed by atoms with van der Waals surface area (Å²) >= 11 is 0. The molecular weight excluding hydrogens is 390 g/mol. The lowest BCUT2D eigenvalue weighted by Gasteiger charge is -2.27. The third kappa shape index (κ3) is 3.42. The van der Waals surface area contributed by atoms with Crippen LogP contribution in [0.15, 0.2) is 54.7 Å². The lowest BCUT2D eigenvalue weighted by Crippen LogP contribution is -2.25. The molecule has 0 bridgehead atoms. The largest absolute Gasteiger partial charge is 0.477 e. The van der Waals surface area contributed by atoms with Crippen molar-refractivity contribution in [1.82, 2.24) is 19.6 Å². The minimum Gasteiger partial charge on any atom is -0.477 e. The van der Waals surface area contributed by atoms with E-state index in [4.69, 9.17) is 5.10 Å². The molecule has 0 aliphatic carbocycles. The molecule has 4 aromatic rings. The number of benzene rings is 1. The summed E-state index contributed by atoms with van der Waals surface area (Å²) in [4.78, 5) is 22.4. The van der Waals surface area contributed by atoms with Crippen LogP contribution in [0.4, 0.5) is 5.82 Å². The second-order valence-electron chi connectivity index (χ2n) is 8.03. The Kier molecular flexibility index (Phi) is 4.66. The van der Waals surface area contributed by atoms with Crippen molar-refractivity contribution in [3.63, 3.8) is 0 Å². The predicted molar refractivity (Wildman–Crippen MR) is 118 cm³/mol. The monoisotopic (exact) mass is 413 g/mol. The Morgan fingerprint density at radius 2 is 2.00 bits per heavy atom. The van der Waals surface area contributed by atoms with Crippen LogP contribution in [0.2, 0.25) is 0 Å². The van der Waals surface area contributed by atoms with Gasteiger partial charge in [0.25, 0.3) is 0 Å². The maximum atomic E-state index is 11.3. The number of pyridine rings is 1. The van der Waals surface area contributed by atoms with E-state index in [1.165, 1.54) is 22.8 Å². The van der Waals surface area contributed by atoms with Crippen molar-refractivity contribution in [3.8, 4) is 11.4 Å². The van der Waals surface area contributed by atoms with Crippen LogP contribution in [0.5, 0.6) is 0 Å². The van der Waals surface area contributed by atoms with Crippen molar-refractivity contribution < 1.29 is 9.90 Å². The van der Waals surface area contributed by atoms with Crippen LogP contribution in [0.25, 0.3) is 17.0 Å². The molecule has 7 heteroatoms. The highest BCUT2D eigenvalue weighted by molar-refractivity contribution is 5.86. The van der Waals surface area contributed by atoms with Gasteiger partial charge in [-0.15, -0.1) is 5.10 Å². The second-order valence-corrected chi connectivity index (χ2v) is 8.03. The molecule has 0 radical (unpaired) electrons. The van der Waals surface area contributed by atoms with E-state index in [9.17, 15) is 9.90 Å². The molecule has 1 aliphatic rings. The van der Waals surface area contributed by atoms with Gasteiger partial charge in [0, 0.05) is 6.54 Å². The first kappa shape index (κ1) is 19.2. The Labute approximate surface area is 180 Å². The van der Waals surface area contributed by atoms with Crippen molar-refractivity contribution in [2.45, 2.75) is 32.7 Å². The standard InChI is InChI=1S/C24H23N5O2/c1-15-8-9-16(2)17(13-15)20-7-4-12-28(20)23-11-10-22-25-14-21(29(22)27-23)18-5-3-6-19(26-18)24(30)31/h3,5-6,8-11,13-14,20H,4,7,12H2,1-2H3,(H,30,31). The highest BCUT2D eigenvalue weighted by Gasteiger charge is 2.29. The number of aromatic nitrogens is 4. The predicted octanol–water partition coefficient (Wildman–Crippen LogP) is 4.45. The van der Waals surface area contributed by atoms with E-state index in [1.807, 2.05) is 12.1 Å². The van der Waals surface area contributed by atoms with Gasteiger partial charge >= 0.3 is 5.97 Å². The summed E-state index contributed by atoms with van der Waals surface area (Å²) in [7, 11) is 0. The zero-order valence-electron chi connectivity index (χ0n) is 17.5. The van der Waals surface area contributed by atoms with Crippen LogP contribution >= 0.6 is 0 Å².